The molecule has 7 heteroatoms. The SMILES string of the molecule is COC(=O)c1ccc(-c2ccc(/C=C3\C(=O)NC(N)=[N+]3C)o2)cc1. The van der Waals surface area contributed by atoms with Crippen molar-refractivity contribution in [3.05, 3.63) is 53.4 Å². The van der Waals surface area contributed by atoms with E-state index < -0.39 is 5.97 Å². The van der Waals surface area contributed by atoms with E-state index in [1.54, 1.807) is 54.1 Å². The van der Waals surface area contributed by atoms with Gasteiger partial charge in [0, 0.05) is 11.6 Å². The molecule has 24 heavy (non-hydrogen) atoms. The van der Waals surface area contributed by atoms with E-state index in [4.69, 9.17) is 10.2 Å². The van der Waals surface area contributed by atoms with Crippen molar-refractivity contribution in [2.75, 3.05) is 14.2 Å². The molecule has 1 aliphatic heterocycles. The fraction of sp³-hybridized carbons (Fsp3) is 0.118. The summed E-state index contributed by atoms with van der Waals surface area (Å²) < 4.78 is 12.0. The number of esters is 1. The van der Waals surface area contributed by atoms with Crippen LogP contribution in [0.25, 0.3) is 17.4 Å². The predicted molar refractivity (Wildman–Crippen MR) is 87.0 cm³/mol. The van der Waals surface area contributed by atoms with E-state index >= 15 is 0 Å². The van der Waals surface area contributed by atoms with Crippen LogP contribution in [0.15, 0.2) is 46.5 Å². The second kappa shape index (κ2) is 6.04. The van der Waals surface area contributed by atoms with Crippen molar-refractivity contribution >= 4 is 23.9 Å². The van der Waals surface area contributed by atoms with Gasteiger partial charge in [0.2, 0.25) is 0 Å². The molecule has 122 valence electrons. The van der Waals surface area contributed by atoms with Crippen molar-refractivity contribution in [3.63, 3.8) is 0 Å². The van der Waals surface area contributed by atoms with E-state index in [9.17, 15) is 9.59 Å². The van der Waals surface area contributed by atoms with Gasteiger partial charge >= 0.3 is 17.8 Å². The molecule has 2 heterocycles. The molecule has 1 aromatic carbocycles. The van der Waals surface area contributed by atoms with Crippen LogP contribution in [0.3, 0.4) is 0 Å². The normalized spacial score (nSPS) is 15.8. The number of hydrogen-bond donors (Lipinski definition) is 2. The molecule has 0 aliphatic carbocycles. The summed E-state index contributed by atoms with van der Waals surface area (Å²) >= 11 is 0. The number of rotatable bonds is 3. The first-order valence-electron chi connectivity index (χ1n) is 7.17. The summed E-state index contributed by atoms with van der Waals surface area (Å²) in [5.41, 5.74) is 7.33. The third-order valence-corrected chi connectivity index (χ3v) is 3.69. The maximum atomic E-state index is 11.8. The number of ether oxygens (including phenoxy) is 1. The van der Waals surface area contributed by atoms with E-state index in [0.29, 0.717) is 22.8 Å². The van der Waals surface area contributed by atoms with Crippen molar-refractivity contribution in [2.24, 2.45) is 5.73 Å². The van der Waals surface area contributed by atoms with Crippen LogP contribution >= 0.6 is 0 Å². The van der Waals surface area contributed by atoms with Gasteiger partial charge in [-0.1, -0.05) is 12.1 Å². The molecular weight excluding hydrogens is 310 g/mol. The number of methoxy groups -OCH3 is 1. The Labute approximate surface area is 138 Å². The second-order valence-electron chi connectivity index (χ2n) is 5.20. The minimum Gasteiger partial charge on any atom is -0.465 e. The number of likely N-dealkylation sites (N-methyl/N-ethyl adjacent to an activating group) is 1. The smallest absolute Gasteiger partial charge is 0.356 e. The van der Waals surface area contributed by atoms with Gasteiger partial charge in [0.05, 0.1) is 19.7 Å². The van der Waals surface area contributed by atoms with Crippen LogP contribution in [0.2, 0.25) is 0 Å². The average Bonchev–Trinajstić information content (AvgIpc) is 3.15. The lowest BCUT2D eigenvalue weighted by Gasteiger charge is -2.00. The molecular formula is C17H16N3O4+. The zero-order valence-electron chi connectivity index (χ0n) is 13.2. The van der Waals surface area contributed by atoms with Gasteiger partial charge in [-0.3, -0.25) is 5.73 Å². The first kappa shape index (κ1) is 15.5. The number of guanidine groups is 1. The van der Waals surface area contributed by atoms with Gasteiger partial charge < -0.3 is 9.15 Å². The molecule has 3 rings (SSSR count). The third-order valence-electron chi connectivity index (χ3n) is 3.69. The number of amides is 1. The Morgan fingerprint density at radius 2 is 1.96 bits per heavy atom. The molecule has 0 unspecified atom stereocenters. The molecule has 3 N–H and O–H groups in total. The molecule has 2 aromatic rings. The van der Waals surface area contributed by atoms with Gasteiger partial charge in [0.25, 0.3) is 0 Å². The molecule has 0 atom stereocenters. The Balaban J connectivity index is 1.86. The Morgan fingerprint density at radius 1 is 1.25 bits per heavy atom. The lowest BCUT2D eigenvalue weighted by atomic mass is 10.1. The highest BCUT2D eigenvalue weighted by atomic mass is 16.5. The number of carbonyl (C=O) groups excluding carboxylic acids is 2. The van der Waals surface area contributed by atoms with Crippen LogP contribution in [0.4, 0.5) is 0 Å². The summed E-state index contributed by atoms with van der Waals surface area (Å²) in [6.07, 6.45) is 1.61. The first-order valence-corrected chi connectivity index (χ1v) is 7.17. The molecule has 1 aliphatic rings. The zero-order chi connectivity index (χ0) is 17.3. The quantitative estimate of drug-likeness (QED) is 0.501. The summed E-state index contributed by atoms with van der Waals surface area (Å²) in [7, 11) is 3.03. The molecule has 0 radical (unpaired) electrons. The van der Waals surface area contributed by atoms with Gasteiger partial charge in [-0.2, -0.15) is 0 Å². The maximum absolute atomic E-state index is 11.8. The van der Waals surface area contributed by atoms with Crippen molar-refractivity contribution in [2.45, 2.75) is 0 Å². The number of carbonyl (C=O) groups is 2. The summed E-state index contributed by atoms with van der Waals surface area (Å²) in [5.74, 6) is 0.743. The first-order chi connectivity index (χ1) is 11.5. The number of furan rings is 1. The number of hydrogen-bond acceptors (Lipinski definition) is 5. The number of nitrogens with two attached hydrogens (primary N) is 1. The minimum atomic E-state index is -0.393. The number of benzene rings is 1. The standard InChI is InChI=1S/C17H15N3O4/c1-20-13(15(21)19-17(20)18)9-12-7-8-14(24-12)10-3-5-11(6-4-10)16(22)23-2/h3-9H,1-2H3,(H2,18,19,21)/p+1/b13-9+. The van der Waals surface area contributed by atoms with E-state index in [2.05, 4.69) is 10.1 Å². The molecule has 1 aromatic heterocycles. The Kier molecular flexibility index (Phi) is 3.91. The second-order valence-corrected chi connectivity index (χ2v) is 5.20. The van der Waals surface area contributed by atoms with E-state index in [1.165, 1.54) is 7.11 Å². The molecule has 0 fully saturated rings. The fourth-order valence-corrected chi connectivity index (χ4v) is 2.32. The fourth-order valence-electron chi connectivity index (χ4n) is 2.32. The Bertz CT molecular complexity index is 875. The predicted octanol–water partition coefficient (Wildman–Crippen LogP) is 1.16. The highest BCUT2D eigenvalue weighted by Crippen LogP contribution is 2.24. The molecule has 0 bridgehead atoms. The molecule has 0 saturated carbocycles. The van der Waals surface area contributed by atoms with E-state index in [0.717, 1.165) is 5.56 Å². The highest BCUT2D eigenvalue weighted by molar-refractivity contribution is 6.08. The largest absolute Gasteiger partial charge is 0.465 e. The van der Waals surface area contributed by atoms with Crippen molar-refractivity contribution in [1.29, 1.82) is 0 Å². The maximum Gasteiger partial charge on any atom is 0.356 e. The van der Waals surface area contributed by atoms with Gasteiger partial charge in [-0.15, -0.1) is 0 Å². The Hall–Kier alpha value is -3.35. The van der Waals surface area contributed by atoms with Gasteiger partial charge in [0.15, 0.2) is 5.70 Å². The molecule has 7 nitrogen and oxygen atoms in total. The van der Waals surface area contributed by atoms with Crippen LogP contribution in [0.1, 0.15) is 16.1 Å². The monoisotopic (exact) mass is 326 g/mol. The van der Waals surface area contributed by atoms with Crippen molar-refractivity contribution in [3.8, 4) is 11.3 Å². The van der Waals surface area contributed by atoms with Crippen LogP contribution < -0.4 is 11.1 Å². The molecule has 1 amide bonds. The van der Waals surface area contributed by atoms with Gasteiger partial charge in [0.1, 0.15) is 11.5 Å². The van der Waals surface area contributed by atoms with Crippen molar-refractivity contribution in [1.82, 2.24) is 5.32 Å². The molecule has 0 saturated heterocycles. The third kappa shape index (κ3) is 2.79. The van der Waals surface area contributed by atoms with Crippen molar-refractivity contribution < 1.29 is 23.3 Å². The lowest BCUT2D eigenvalue weighted by Crippen LogP contribution is -2.32. The average molecular weight is 326 g/mol. The van der Waals surface area contributed by atoms with E-state index in [-0.39, 0.29) is 11.9 Å². The minimum absolute atomic E-state index is 0.274. The van der Waals surface area contributed by atoms with Gasteiger partial charge in [-0.05, 0) is 24.3 Å². The summed E-state index contributed by atoms with van der Waals surface area (Å²) in [6.45, 7) is 0. The van der Waals surface area contributed by atoms with Crippen LogP contribution in [-0.4, -0.2) is 36.6 Å². The topological polar surface area (TPSA) is 97.6 Å². The van der Waals surface area contributed by atoms with E-state index in [1.807, 2.05) is 0 Å². The highest BCUT2D eigenvalue weighted by Gasteiger charge is 2.29. The lowest BCUT2D eigenvalue weighted by molar-refractivity contribution is -0.432. The van der Waals surface area contributed by atoms with Crippen LogP contribution in [0.5, 0.6) is 0 Å². The number of nitrogens with zero attached hydrogens (tertiary/aromatic N) is 1. The van der Waals surface area contributed by atoms with Crippen LogP contribution in [0, 0.1) is 0 Å². The zero-order valence-corrected chi connectivity index (χ0v) is 13.2. The van der Waals surface area contributed by atoms with Crippen LogP contribution in [-0.2, 0) is 9.53 Å². The summed E-state index contributed by atoms with van der Waals surface area (Å²) in [4.78, 5) is 23.2. The summed E-state index contributed by atoms with van der Waals surface area (Å²) in [5, 5.41) is 2.53. The molecule has 0 spiro atoms. The number of nitrogens with one attached hydrogen (secondary N) is 1. The van der Waals surface area contributed by atoms with Gasteiger partial charge in [-0.25, -0.2) is 19.5 Å². The Morgan fingerprint density at radius 3 is 2.54 bits per heavy atom. The summed E-state index contributed by atoms with van der Waals surface area (Å²) in [6, 6.07) is 10.4.